The molecular weight excluding hydrogens is 741 g/mol. The Morgan fingerprint density at radius 2 is 0.852 bits per heavy atom. The van der Waals surface area contributed by atoms with E-state index in [0.29, 0.717) is 0 Å². The van der Waals surface area contributed by atoms with E-state index in [2.05, 4.69) is 228 Å². The minimum atomic E-state index is 0.880. The Kier molecular flexibility index (Phi) is 8.17. The number of hydrogen-bond donors (Lipinski definition) is 0. The number of para-hydroxylation sites is 2. The van der Waals surface area contributed by atoms with Crippen molar-refractivity contribution in [2.75, 3.05) is 4.90 Å². The lowest BCUT2D eigenvalue weighted by molar-refractivity contribution is 0.669. The van der Waals surface area contributed by atoms with Crippen molar-refractivity contribution in [1.82, 2.24) is 4.57 Å². The average molecular weight is 779 g/mol. The van der Waals surface area contributed by atoms with Gasteiger partial charge in [0.1, 0.15) is 11.2 Å². The molecule has 0 aliphatic heterocycles. The molecular formula is C58H38N2O. The van der Waals surface area contributed by atoms with Crippen LogP contribution in [0.3, 0.4) is 0 Å². The lowest BCUT2D eigenvalue weighted by Crippen LogP contribution is -2.09. The van der Waals surface area contributed by atoms with Crippen molar-refractivity contribution >= 4 is 71.6 Å². The molecule has 12 rings (SSSR count). The van der Waals surface area contributed by atoms with Crippen LogP contribution in [0.2, 0.25) is 0 Å². The van der Waals surface area contributed by atoms with Crippen molar-refractivity contribution in [1.29, 1.82) is 0 Å². The summed E-state index contributed by atoms with van der Waals surface area (Å²) < 4.78 is 8.69. The molecule has 0 bridgehead atoms. The first kappa shape index (κ1) is 34.9. The van der Waals surface area contributed by atoms with Gasteiger partial charge in [0, 0.05) is 49.7 Å². The zero-order valence-corrected chi connectivity index (χ0v) is 33.2. The van der Waals surface area contributed by atoms with Gasteiger partial charge in [-0.3, -0.25) is 0 Å². The fraction of sp³-hybridized carbons (Fsp3) is 0. The third-order valence-corrected chi connectivity index (χ3v) is 12.2. The van der Waals surface area contributed by atoms with Crippen molar-refractivity contribution in [3.63, 3.8) is 0 Å². The Morgan fingerprint density at radius 1 is 0.311 bits per heavy atom. The van der Waals surface area contributed by atoms with Crippen molar-refractivity contribution in [2.24, 2.45) is 0 Å². The van der Waals surface area contributed by atoms with Gasteiger partial charge in [0.2, 0.25) is 0 Å². The predicted molar refractivity (Wildman–Crippen MR) is 257 cm³/mol. The largest absolute Gasteiger partial charge is 0.456 e. The number of rotatable bonds is 7. The summed E-state index contributed by atoms with van der Waals surface area (Å²) >= 11 is 0. The van der Waals surface area contributed by atoms with Crippen LogP contribution in [-0.2, 0) is 0 Å². The quantitative estimate of drug-likeness (QED) is 0.161. The molecule has 3 nitrogen and oxygen atoms in total. The fourth-order valence-electron chi connectivity index (χ4n) is 9.22. The molecule has 2 aromatic heterocycles. The average Bonchev–Trinajstić information content (AvgIpc) is 3.88. The molecule has 0 atom stereocenters. The van der Waals surface area contributed by atoms with Gasteiger partial charge in [-0.15, -0.1) is 0 Å². The highest BCUT2D eigenvalue weighted by Crippen LogP contribution is 2.42. The number of fused-ring (bicyclic) bond motifs is 8. The van der Waals surface area contributed by atoms with Crippen LogP contribution < -0.4 is 4.90 Å². The minimum absolute atomic E-state index is 0.880. The zero-order chi connectivity index (χ0) is 40.3. The van der Waals surface area contributed by atoms with Gasteiger partial charge < -0.3 is 13.9 Å². The van der Waals surface area contributed by atoms with Crippen LogP contribution in [0, 0.1) is 0 Å². The molecule has 0 N–H and O–H groups in total. The van der Waals surface area contributed by atoms with Gasteiger partial charge in [-0.1, -0.05) is 158 Å². The van der Waals surface area contributed by atoms with Crippen LogP contribution in [-0.4, -0.2) is 4.57 Å². The van der Waals surface area contributed by atoms with E-state index in [0.717, 1.165) is 50.3 Å². The number of anilines is 3. The van der Waals surface area contributed by atoms with Gasteiger partial charge in [0.15, 0.2) is 0 Å². The Morgan fingerprint density at radius 3 is 1.59 bits per heavy atom. The molecule has 0 radical (unpaired) electrons. The third kappa shape index (κ3) is 5.98. The van der Waals surface area contributed by atoms with E-state index in [1.165, 1.54) is 60.4 Å². The molecule has 0 fully saturated rings. The standard InChI is InChI=1S/C58H38N2O/c1-3-12-39(13-4-1)43-15-11-16-44(36-43)40-22-28-47(29-23-40)59(49-32-35-57-54(38-49)52-20-9-10-21-56(52)61-57)48-30-24-41(25-31-48)45-27-33-51-53-34-26-42-14-7-8-19-50(42)58(53)60(55(51)37-45)46-17-5-2-6-18-46/h1-38H. The van der Waals surface area contributed by atoms with Gasteiger partial charge in [-0.2, -0.15) is 0 Å². The van der Waals surface area contributed by atoms with Gasteiger partial charge >= 0.3 is 0 Å². The molecule has 0 aliphatic rings. The van der Waals surface area contributed by atoms with E-state index in [1.54, 1.807) is 0 Å². The number of benzene rings is 10. The van der Waals surface area contributed by atoms with Crippen LogP contribution in [0.4, 0.5) is 17.1 Å². The third-order valence-electron chi connectivity index (χ3n) is 12.2. The van der Waals surface area contributed by atoms with E-state index in [4.69, 9.17) is 4.42 Å². The van der Waals surface area contributed by atoms with Crippen LogP contribution in [0.15, 0.2) is 235 Å². The Bertz CT molecular complexity index is 3560. The molecule has 2 heterocycles. The second-order valence-corrected chi connectivity index (χ2v) is 15.7. The summed E-state index contributed by atoms with van der Waals surface area (Å²) in [5.74, 6) is 0. The van der Waals surface area contributed by atoms with E-state index in [1.807, 2.05) is 12.1 Å². The molecule has 0 saturated carbocycles. The summed E-state index contributed by atoms with van der Waals surface area (Å²) in [7, 11) is 0. The number of aromatic nitrogens is 1. The second kappa shape index (κ2) is 14.3. The van der Waals surface area contributed by atoms with E-state index in [-0.39, 0.29) is 0 Å². The maximum Gasteiger partial charge on any atom is 0.135 e. The molecule has 3 heteroatoms. The van der Waals surface area contributed by atoms with Crippen molar-refractivity contribution in [3.8, 4) is 39.1 Å². The van der Waals surface area contributed by atoms with E-state index in [9.17, 15) is 0 Å². The van der Waals surface area contributed by atoms with Crippen LogP contribution in [0.25, 0.3) is 93.6 Å². The van der Waals surface area contributed by atoms with Crippen LogP contribution >= 0.6 is 0 Å². The first-order chi connectivity index (χ1) is 30.2. The van der Waals surface area contributed by atoms with Crippen LogP contribution in [0.1, 0.15) is 0 Å². The molecule has 0 saturated heterocycles. The monoisotopic (exact) mass is 778 g/mol. The van der Waals surface area contributed by atoms with Gasteiger partial charge in [0.25, 0.3) is 0 Å². The number of furan rings is 1. The molecule has 61 heavy (non-hydrogen) atoms. The molecule has 286 valence electrons. The van der Waals surface area contributed by atoms with Gasteiger partial charge in [-0.05, 0) is 112 Å². The zero-order valence-electron chi connectivity index (χ0n) is 33.2. The molecule has 10 aromatic carbocycles. The Labute approximate surface area is 353 Å². The smallest absolute Gasteiger partial charge is 0.135 e. The Hall–Kier alpha value is -8.14. The predicted octanol–water partition coefficient (Wildman–Crippen LogP) is 16.3. The molecule has 0 unspecified atom stereocenters. The SMILES string of the molecule is c1ccc(-c2cccc(-c3ccc(N(c4ccc(-c5ccc6c7ccc8ccccc8c7n(-c7ccccc7)c6c5)cc4)c4ccc5oc6ccccc6c5c4)cc3)c2)cc1. The number of hydrogen-bond acceptors (Lipinski definition) is 2. The second-order valence-electron chi connectivity index (χ2n) is 15.7. The summed E-state index contributed by atoms with van der Waals surface area (Å²) in [5, 5.41) is 7.20. The molecule has 0 amide bonds. The normalized spacial score (nSPS) is 11.6. The summed E-state index contributed by atoms with van der Waals surface area (Å²) in [5.41, 5.74) is 15.7. The maximum absolute atomic E-state index is 6.26. The lowest BCUT2D eigenvalue weighted by atomic mass is 9.99. The molecule has 12 aromatic rings. The molecule has 0 aliphatic carbocycles. The summed E-state index contributed by atoms with van der Waals surface area (Å²) in [6.45, 7) is 0. The lowest BCUT2D eigenvalue weighted by Gasteiger charge is -2.26. The highest BCUT2D eigenvalue weighted by molar-refractivity contribution is 6.19. The highest BCUT2D eigenvalue weighted by Gasteiger charge is 2.18. The first-order valence-electron chi connectivity index (χ1n) is 20.8. The van der Waals surface area contributed by atoms with E-state index < -0.39 is 0 Å². The number of nitrogens with zero attached hydrogens (tertiary/aromatic N) is 2. The van der Waals surface area contributed by atoms with Crippen molar-refractivity contribution in [2.45, 2.75) is 0 Å². The Balaban J connectivity index is 0.965. The fourth-order valence-corrected chi connectivity index (χ4v) is 9.22. The summed E-state index contributed by atoms with van der Waals surface area (Å²) in [6, 6.07) is 82.9. The van der Waals surface area contributed by atoms with Crippen molar-refractivity contribution in [3.05, 3.63) is 231 Å². The maximum atomic E-state index is 6.26. The van der Waals surface area contributed by atoms with Crippen molar-refractivity contribution < 1.29 is 4.42 Å². The summed E-state index contributed by atoms with van der Waals surface area (Å²) in [4.78, 5) is 2.34. The van der Waals surface area contributed by atoms with Gasteiger partial charge in [0.05, 0.1) is 11.0 Å². The topological polar surface area (TPSA) is 21.3 Å². The highest BCUT2D eigenvalue weighted by atomic mass is 16.3. The van der Waals surface area contributed by atoms with E-state index >= 15 is 0 Å². The minimum Gasteiger partial charge on any atom is -0.456 e. The first-order valence-corrected chi connectivity index (χ1v) is 20.8. The van der Waals surface area contributed by atoms with Gasteiger partial charge in [-0.25, -0.2) is 0 Å². The molecule has 0 spiro atoms. The van der Waals surface area contributed by atoms with Crippen LogP contribution in [0.5, 0.6) is 0 Å². The summed E-state index contributed by atoms with van der Waals surface area (Å²) in [6.07, 6.45) is 0.